The van der Waals surface area contributed by atoms with E-state index in [2.05, 4.69) is 70.2 Å². The van der Waals surface area contributed by atoms with Crippen LogP contribution in [0.1, 0.15) is 70.4 Å². The molecule has 0 aromatic heterocycles. The Labute approximate surface area is 145 Å². The molecule has 0 amide bonds. The summed E-state index contributed by atoms with van der Waals surface area (Å²) in [5.41, 5.74) is 4.05. The van der Waals surface area contributed by atoms with Crippen LogP contribution in [0.15, 0.2) is 36.4 Å². The van der Waals surface area contributed by atoms with E-state index in [4.69, 9.17) is 4.74 Å². The summed E-state index contributed by atoms with van der Waals surface area (Å²) >= 11 is 0. The van der Waals surface area contributed by atoms with E-state index in [1.54, 1.807) is 0 Å². The van der Waals surface area contributed by atoms with Crippen molar-refractivity contribution in [2.24, 2.45) is 0 Å². The van der Waals surface area contributed by atoms with Gasteiger partial charge in [-0.15, -0.1) is 0 Å². The maximum Gasteiger partial charge on any atom is 0.135 e. The second-order valence-corrected chi connectivity index (χ2v) is 6.62. The molecular formula is C23H28O. The van der Waals surface area contributed by atoms with E-state index < -0.39 is 0 Å². The molecule has 1 nitrogen and oxygen atoms in total. The maximum absolute atomic E-state index is 6.29. The van der Waals surface area contributed by atoms with Crippen molar-refractivity contribution in [3.8, 4) is 11.5 Å². The molecule has 1 aliphatic heterocycles. The summed E-state index contributed by atoms with van der Waals surface area (Å²) in [4.78, 5) is 0. The number of benzene rings is 2. The van der Waals surface area contributed by atoms with E-state index in [-0.39, 0.29) is 0 Å². The third-order valence-corrected chi connectivity index (χ3v) is 5.30. The molecule has 3 rings (SSSR count). The van der Waals surface area contributed by atoms with Crippen molar-refractivity contribution in [3.63, 3.8) is 0 Å². The Kier molecular flexibility index (Phi) is 5.08. The second kappa shape index (κ2) is 7.25. The van der Waals surface area contributed by atoms with Gasteiger partial charge in [0.15, 0.2) is 0 Å². The molecule has 0 bridgehead atoms. The van der Waals surface area contributed by atoms with E-state index in [1.165, 1.54) is 40.0 Å². The van der Waals surface area contributed by atoms with Gasteiger partial charge >= 0.3 is 0 Å². The van der Waals surface area contributed by atoms with Gasteiger partial charge in [-0.1, -0.05) is 57.5 Å². The molecule has 24 heavy (non-hydrogen) atoms. The molecule has 0 saturated carbocycles. The number of rotatable bonds is 5. The van der Waals surface area contributed by atoms with Crippen molar-refractivity contribution < 1.29 is 4.74 Å². The van der Waals surface area contributed by atoms with Gasteiger partial charge < -0.3 is 4.74 Å². The molecule has 0 fully saturated rings. The van der Waals surface area contributed by atoms with E-state index in [9.17, 15) is 0 Å². The minimum absolute atomic E-state index is 0.617. The van der Waals surface area contributed by atoms with E-state index >= 15 is 0 Å². The molecule has 0 saturated heterocycles. The Morgan fingerprint density at radius 2 is 1.62 bits per heavy atom. The summed E-state index contributed by atoms with van der Waals surface area (Å²) in [6, 6.07) is 13.3. The summed E-state index contributed by atoms with van der Waals surface area (Å²) in [6.07, 6.45) is 6.77. The van der Waals surface area contributed by atoms with Crippen LogP contribution in [0, 0.1) is 0 Å². The molecule has 0 N–H and O–H groups in total. The monoisotopic (exact) mass is 320 g/mol. The molecule has 0 radical (unpaired) electrons. The standard InChI is InChI=1S/C23H28O/c1-5-16(6-2)18-9-11-20-13-21-12-10-19(17(7-3)8-4)15-23(21)24-22(20)14-18/h9-16H,5-8H2,1-4H3. The van der Waals surface area contributed by atoms with E-state index in [0.717, 1.165) is 24.3 Å². The van der Waals surface area contributed by atoms with Crippen LogP contribution in [0.2, 0.25) is 0 Å². The summed E-state index contributed by atoms with van der Waals surface area (Å²) in [6.45, 7) is 8.97. The van der Waals surface area contributed by atoms with Gasteiger partial charge in [0.1, 0.15) is 11.5 Å². The fourth-order valence-corrected chi connectivity index (χ4v) is 3.68. The lowest BCUT2D eigenvalue weighted by Gasteiger charge is -2.19. The van der Waals surface area contributed by atoms with Crippen molar-refractivity contribution in [3.05, 3.63) is 58.0 Å². The van der Waals surface area contributed by atoms with Crippen LogP contribution < -0.4 is 15.2 Å². The molecule has 126 valence electrons. The van der Waals surface area contributed by atoms with Crippen LogP contribution in [0.4, 0.5) is 0 Å². The zero-order chi connectivity index (χ0) is 17.1. The molecule has 1 heteroatoms. The van der Waals surface area contributed by atoms with Crippen LogP contribution in [0.3, 0.4) is 0 Å². The molecule has 0 aliphatic carbocycles. The van der Waals surface area contributed by atoms with Crippen LogP contribution in [0.5, 0.6) is 11.5 Å². The van der Waals surface area contributed by atoms with E-state index in [1.807, 2.05) is 0 Å². The highest BCUT2D eigenvalue weighted by atomic mass is 16.5. The second-order valence-electron chi connectivity index (χ2n) is 6.62. The van der Waals surface area contributed by atoms with Crippen molar-refractivity contribution in [1.29, 1.82) is 0 Å². The smallest absolute Gasteiger partial charge is 0.135 e. The fourth-order valence-electron chi connectivity index (χ4n) is 3.68. The zero-order valence-electron chi connectivity index (χ0n) is 15.4. The molecule has 0 unspecified atom stereocenters. The molecule has 1 aliphatic rings. The number of hydrogen-bond acceptors (Lipinski definition) is 1. The van der Waals surface area contributed by atoms with Gasteiger partial charge in [0.25, 0.3) is 0 Å². The number of fused-ring (bicyclic) bond motifs is 2. The largest absolute Gasteiger partial charge is 0.456 e. The number of ether oxygens (including phenoxy) is 1. The first-order valence-electron chi connectivity index (χ1n) is 9.35. The zero-order valence-corrected chi connectivity index (χ0v) is 15.4. The summed E-state index contributed by atoms with van der Waals surface area (Å²) in [5.74, 6) is 2.60. The normalized spacial score (nSPS) is 12.2. The Hall–Kier alpha value is -2.02. The first kappa shape index (κ1) is 16.8. The van der Waals surface area contributed by atoms with Crippen LogP contribution in [-0.2, 0) is 0 Å². The predicted octanol–water partition coefficient (Wildman–Crippen LogP) is 5.50. The van der Waals surface area contributed by atoms with Crippen molar-refractivity contribution >= 4 is 11.6 Å². The lowest BCUT2D eigenvalue weighted by atomic mass is 9.92. The quantitative estimate of drug-likeness (QED) is 0.603. The van der Waals surface area contributed by atoms with Crippen molar-refractivity contribution in [2.75, 3.05) is 0 Å². The van der Waals surface area contributed by atoms with Crippen LogP contribution in [0.25, 0.3) is 11.6 Å². The molecule has 0 atom stereocenters. The highest BCUT2D eigenvalue weighted by molar-refractivity contribution is 5.64. The molecule has 1 heterocycles. The Balaban J connectivity index is 2.07. The lowest BCUT2D eigenvalue weighted by molar-refractivity contribution is 0.471. The minimum atomic E-state index is 0.617. The Morgan fingerprint density at radius 3 is 2.29 bits per heavy atom. The molecular weight excluding hydrogens is 292 g/mol. The topological polar surface area (TPSA) is 9.23 Å². The van der Waals surface area contributed by atoms with Gasteiger partial charge in [-0.3, -0.25) is 0 Å². The van der Waals surface area contributed by atoms with Crippen molar-refractivity contribution in [2.45, 2.75) is 59.3 Å². The van der Waals surface area contributed by atoms with Crippen molar-refractivity contribution in [1.82, 2.24) is 0 Å². The van der Waals surface area contributed by atoms with Gasteiger partial charge in [0, 0.05) is 10.8 Å². The Morgan fingerprint density at radius 1 is 0.875 bits per heavy atom. The highest BCUT2D eigenvalue weighted by Gasteiger charge is 2.14. The third-order valence-electron chi connectivity index (χ3n) is 5.30. The average Bonchev–Trinajstić information content (AvgIpc) is 2.62. The van der Waals surface area contributed by atoms with Gasteiger partial charge in [-0.2, -0.15) is 0 Å². The average molecular weight is 320 g/mol. The summed E-state index contributed by atoms with van der Waals surface area (Å²) in [7, 11) is 0. The Bertz CT molecular complexity index is 835. The lowest BCUT2D eigenvalue weighted by Crippen LogP contribution is -2.16. The SMILES string of the molecule is CCC(CC)=c1ccc2c(c1)Oc1cc(C(CC)CC)ccc1C=2. The van der Waals surface area contributed by atoms with Gasteiger partial charge in [0.05, 0.1) is 0 Å². The maximum atomic E-state index is 6.29. The molecule has 0 spiro atoms. The molecule has 2 aromatic carbocycles. The molecule has 2 aromatic rings. The van der Waals surface area contributed by atoms with Crippen LogP contribution in [-0.4, -0.2) is 0 Å². The van der Waals surface area contributed by atoms with Gasteiger partial charge in [-0.25, -0.2) is 0 Å². The predicted molar refractivity (Wildman–Crippen MR) is 103 cm³/mol. The first-order valence-corrected chi connectivity index (χ1v) is 9.35. The van der Waals surface area contributed by atoms with E-state index in [0.29, 0.717) is 5.92 Å². The minimum Gasteiger partial charge on any atom is -0.456 e. The first-order chi connectivity index (χ1) is 11.7. The summed E-state index contributed by atoms with van der Waals surface area (Å²) < 4.78 is 6.29. The third kappa shape index (κ3) is 3.13. The summed E-state index contributed by atoms with van der Waals surface area (Å²) in [5, 5.41) is 2.49. The fraction of sp³-hybridized carbons (Fsp3) is 0.391. The van der Waals surface area contributed by atoms with Gasteiger partial charge in [0.2, 0.25) is 0 Å². The number of hydrogen-bond donors (Lipinski definition) is 0. The highest BCUT2D eigenvalue weighted by Crippen LogP contribution is 2.33. The van der Waals surface area contributed by atoms with Crippen LogP contribution >= 0.6 is 0 Å². The van der Waals surface area contributed by atoms with Gasteiger partial charge in [-0.05, 0) is 60.6 Å².